The molecule has 4 rings (SSSR count). The van der Waals surface area contributed by atoms with Gasteiger partial charge in [0.2, 0.25) is 0 Å². The van der Waals surface area contributed by atoms with Crippen LogP contribution in [-0.4, -0.2) is 9.55 Å². The number of imidazole rings is 1. The molecule has 0 saturated heterocycles. The van der Waals surface area contributed by atoms with E-state index in [0.717, 1.165) is 22.4 Å². The van der Waals surface area contributed by atoms with Crippen molar-refractivity contribution in [2.24, 2.45) is 7.05 Å². The molecule has 4 heteroatoms. The summed E-state index contributed by atoms with van der Waals surface area (Å²) in [7, 11) is 2.00. The van der Waals surface area contributed by atoms with Gasteiger partial charge in [0.1, 0.15) is 17.4 Å². The van der Waals surface area contributed by atoms with Gasteiger partial charge in [-0.1, -0.05) is 24.3 Å². The van der Waals surface area contributed by atoms with E-state index in [1.54, 1.807) is 11.3 Å². The van der Waals surface area contributed by atoms with E-state index in [0.29, 0.717) is 5.56 Å². The first-order chi connectivity index (χ1) is 10.3. The number of hydrogen-bond donors (Lipinski definition) is 0. The highest BCUT2D eigenvalue weighted by molar-refractivity contribution is 7.17. The predicted molar refractivity (Wildman–Crippen MR) is 86.2 cm³/mol. The molecule has 0 aliphatic rings. The van der Waals surface area contributed by atoms with Gasteiger partial charge in [0, 0.05) is 28.1 Å². The average molecular weight is 289 g/mol. The number of nitrogens with zero attached hydrogens (tertiary/aromatic N) is 3. The van der Waals surface area contributed by atoms with Crippen molar-refractivity contribution in [2.45, 2.75) is 0 Å². The molecule has 0 atom stereocenters. The number of rotatable bonds is 1. The van der Waals surface area contributed by atoms with Crippen LogP contribution in [0.3, 0.4) is 0 Å². The quantitative estimate of drug-likeness (QED) is 0.523. The van der Waals surface area contributed by atoms with E-state index >= 15 is 0 Å². The van der Waals surface area contributed by atoms with Crippen LogP contribution in [0.2, 0.25) is 0 Å². The van der Waals surface area contributed by atoms with Gasteiger partial charge in [-0.3, -0.25) is 0 Å². The first kappa shape index (κ1) is 12.1. The number of para-hydroxylation sites is 1. The molecule has 21 heavy (non-hydrogen) atoms. The molecule has 3 nitrogen and oxygen atoms in total. The Balaban J connectivity index is 2.08. The van der Waals surface area contributed by atoms with Crippen molar-refractivity contribution in [2.75, 3.05) is 0 Å². The Morgan fingerprint density at radius 1 is 1.14 bits per heavy atom. The Morgan fingerprint density at radius 2 is 2.00 bits per heavy atom. The third kappa shape index (κ3) is 1.68. The van der Waals surface area contributed by atoms with Crippen LogP contribution in [0.4, 0.5) is 0 Å². The van der Waals surface area contributed by atoms with Crippen molar-refractivity contribution in [3.63, 3.8) is 0 Å². The molecule has 0 unspecified atom stereocenters. The number of thiophene rings is 1. The van der Waals surface area contributed by atoms with Gasteiger partial charge in [-0.05, 0) is 18.2 Å². The van der Waals surface area contributed by atoms with Gasteiger partial charge in [-0.15, -0.1) is 11.3 Å². The minimum atomic E-state index is 0.619. The summed E-state index contributed by atoms with van der Waals surface area (Å²) in [5, 5.41) is 12.6. The molecular weight excluding hydrogens is 278 g/mol. The van der Waals surface area contributed by atoms with E-state index in [4.69, 9.17) is 4.98 Å². The summed E-state index contributed by atoms with van der Waals surface area (Å²) in [6, 6.07) is 16.3. The third-order valence-electron chi connectivity index (χ3n) is 3.75. The van der Waals surface area contributed by atoms with E-state index in [-0.39, 0.29) is 0 Å². The number of fused-ring (bicyclic) bond motifs is 2. The smallest absolute Gasteiger partial charge is 0.142 e. The molecular formula is C17H11N3S. The molecule has 2 heterocycles. The van der Waals surface area contributed by atoms with Crippen LogP contribution in [0.5, 0.6) is 0 Å². The molecule has 0 fully saturated rings. The molecule has 0 N–H and O–H groups in total. The number of aromatic nitrogens is 2. The van der Waals surface area contributed by atoms with Crippen LogP contribution in [0.15, 0.2) is 47.8 Å². The monoisotopic (exact) mass is 289 g/mol. The number of nitriles is 1. The summed E-state index contributed by atoms with van der Waals surface area (Å²) >= 11 is 1.72. The van der Waals surface area contributed by atoms with Crippen molar-refractivity contribution < 1.29 is 0 Å². The third-order valence-corrected chi connectivity index (χ3v) is 4.72. The number of hydrogen-bond acceptors (Lipinski definition) is 3. The van der Waals surface area contributed by atoms with E-state index < -0.39 is 0 Å². The zero-order valence-corrected chi connectivity index (χ0v) is 12.2. The molecule has 0 aliphatic carbocycles. The van der Waals surface area contributed by atoms with Crippen molar-refractivity contribution >= 4 is 32.5 Å². The largest absolute Gasteiger partial charge is 0.327 e. The Labute approximate surface area is 125 Å². The molecule has 0 spiro atoms. The summed E-state index contributed by atoms with van der Waals surface area (Å²) in [6.45, 7) is 0. The summed E-state index contributed by atoms with van der Waals surface area (Å²) in [5.74, 6) is 0.908. The molecule has 0 amide bonds. The van der Waals surface area contributed by atoms with Crippen molar-refractivity contribution in [1.29, 1.82) is 5.26 Å². The van der Waals surface area contributed by atoms with Crippen LogP contribution >= 0.6 is 11.3 Å². The summed E-state index contributed by atoms with van der Waals surface area (Å²) < 4.78 is 3.31. The van der Waals surface area contributed by atoms with Crippen molar-refractivity contribution in [3.05, 3.63) is 53.4 Å². The standard InChI is InChI=1S/C17H11N3S/c1-20-14-7-4-5-11(9-18)16(14)19-17(20)13-10-21-15-8-3-2-6-12(13)15/h2-8,10H,1H3. The van der Waals surface area contributed by atoms with Gasteiger partial charge in [0.25, 0.3) is 0 Å². The maximum atomic E-state index is 9.24. The van der Waals surface area contributed by atoms with Gasteiger partial charge in [0.15, 0.2) is 0 Å². The van der Waals surface area contributed by atoms with E-state index in [2.05, 4.69) is 28.1 Å². The highest BCUT2D eigenvalue weighted by Crippen LogP contribution is 2.34. The minimum absolute atomic E-state index is 0.619. The lowest BCUT2D eigenvalue weighted by atomic mass is 10.2. The maximum Gasteiger partial charge on any atom is 0.142 e. The fourth-order valence-electron chi connectivity index (χ4n) is 2.70. The second-order valence-electron chi connectivity index (χ2n) is 4.93. The molecule has 2 aromatic heterocycles. The van der Waals surface area contributed by atoms with E-state index in [9.17, 15) is 5.26 Å². The fraction of sp³-hybridized carbons (Fsp3) is 0.0588. The number of aryl methyl sites for hydroxylation is 1. The van der Waals surface area contributed by atoms with Crippen LogP contribution < -0.4 is 0 Å². The van der Waals surface area contributed by atoms with Gasteiger partial charge < -0.3 is 4.57 Å². The average Bonchev–Trinajstić information content (AvgIpc) is 3.09. The molecule has 0 radical (unpaired) electrons. The number of benzene rings is 2. The fourth-order valence-corrected chi connectivity index (χ4v) is 3.64. The zero-order valence-electron chi connectivity index (χ0n) is 11.4. The Bertz CT molecular complexity index is 1020. The van der Waals surface area contributed by atoms with E-state index in [1.165, 1.54) is 10.1 Å². The zero-order chi connectivity index (χ0) is 14.4. The highest BCUT2D eigenvalue weighted by Gasteiger charge is 2.15. The van der Waals surface area contributed by atoms with Crippen molar-refractivity contribution in [3.8, 4) is 17.5 Å². The topological polar surface area (TPSA) is 41.6 Å². The highest BCUT2D eigenvalue weighted by atomic mass is 32.1. The lowest BCUT2D eigenvalue weighted by Crippen LogP contribution is -1.91. The van der Waals surface area contributed by atoms with Crippen LogP contribution in [-0.2, 0) is 7.05 Å². The second-order valence-corrected chi connectivity index (χ2v) is 5.84. The molecule has 0 bridgehead atoms. The normalized spacial score (nSPS) is 11.0. The second kappa shape index (κ2) is 4.44. The van der Waals surface area contributed by atoms with Gasteiger partial charge >= 0.3 is 0 Å². The molecule has 4 aromatic rings. The Morgan fingerprint density at radius 3 is 2.86 bits per heavy atom. The SMILES string of the molecule is Cn1c(-c2csc3ccccc23)nc2c(C#N)cccc21. The van der Waals surface area contributed by atoms with Crippen LogP contribution in [0.1, 0.15) is 5.56 Å². The Kier molecular flexibility index (Phi) is 2.56. The molecule has 2 aromatic carbocycles. The summed E-state index contributed by atoms with van der Waals surface area (Å²) in [4.78, 5) is 4.72. The van der Waals surface area contributed by atoms with Crippen LogP contribution in [0.25, 0.3) is 32.5 Å². The lowest BCUT2D eigenvalue weighted by Gasteiger charge is -2.01. The molecule has 100 valence electrons. The molecule has 0 aliphatic heterocycles. The minimum Gasteiger partial charge on any atom is -0.327 e. The van der Waals surface area contributed by atoms with Gasteiger partial charge in [-0.2, -0.15) is 5.26 Å². The van der Waals surface area contributed by atoms with Crippen molar-refractivity contribution in [1.82, 2.24) is 9.55 Å². The maximum absolute atomic E-state index is 9.24. The van der Waals surface area contributed by atoms with Crippen LogP contribution in [0, 0.1) is 11.3 Å². The Hall–Kier alpha value is -2.64. The first-order valence-corrected chi connectivity index (χ1v) is 7.49. The lowest BCUT2D eigenvalue weighted by molar-refractivity contribution is 0.961. The first-order valence-electron chi connectivity index (χ1n) is 6.62. The summed E-state index contributed by atoms with van der Waals surface area (Å²) in [5.41, 5.74) is 3.50. The van der Waals surface area contributed by atoms with Gasteiger partial charge in [-0.25, -0.2) is 4.98 Å². The summed E-state index contributed by atoms with van der Waals surface area (Å²) in [6.07, 6.45) is 0. The van der Waals surface area contributed by atoms with E-state index in [1.807, 2.05) is 37.4 Å². The molecule has 0 saturated carbocycles. The predicted octanol–water partition coefficient (Wildman–Crippen LogP) is 4.33. The van der Waals surface area contributed by atoms with Gasteiger partial charge in [0.05, 0.1) is 11.1 Å².